The Kier molecular flexibility index (Phi) is 2.24. The average Bonchev–Trinajstić information content (AvgIpc) is 2.38. The molecule has 5 heteroatoms. The van der Waals surface area contributed by atoms with E-state index in [1.807, 2.05) is 6.07 Å². The number of hydrogen-bond acceptors (Lipinski definition) is 5. The van der Waals surface area contributed by atoms with Crippen molar-refractivity contribution in [2.24, 2.45) is 0 Å². The second-order valence-corrected chi connectivity index (χ2v) is 4.08. The molecule has 1 N–H and O–H groups in total. The zero-order valence-electron chi connectivity index (χ0n) is 9.73. The lowest BCUT2D eigenvalue weighted by Gasteiger charge is -2.25. The first-order valence-corrected chi connectivity index (χ1v) is 5.51. The smallest absolute Gasteiger partial charge is 0.213 e. The maximum atomic E-state index is 5.61. The number of rotatable bonds is 1. The van der Waals surface area contributed by atoms with E-state index < -0.39 is 0 Å². The largest absolute Gasteiger partial charge is 0.488 e. The molecule has 0 amide bonds. The molecule has 88 valence electrons. The van der Waals surface area contributed by atoms with Crippen LogP contribution < -0.4 is 14.8 Å². The van der Waals surface area contributed by atoms with Crippen LogP contribution in [0.4, 0.5) is 5.69 Å². The highest BCUT2D eigenvalue weighted by Gasteiger charge is 2.19. The lowest BCUT2D eigenvalue weighted by Crippen LogP contribution is -2.28. The van der Waals surface area contributed by atoms with E-state index in [0.717, 1.165) is 22.5 Å². The number of anilines is 1. The van der Waals surface area contributed by atoms with Gasteiger partial charge in [0, 0.05) is 6.07 Å². The molecule has 1 unspecified atom stereocenters. The van der Waals surface area contributed by atoms with E-state index in [4.69, 9.17) is 9.47 Å². The van der Waals surface area contributed by atoms with Gasteiger partial charge >= 0.3 is 0 Å². The predicted octanol–water partition coefficient (Wildman–Crippen LogP) is 1.83. The third-order valence-corrected chi connectivity index (χ3v) is 2.74. The molecule has 0 saturated carbocycles. The van der Waals surface area contributed by atoms with Crippen molar-refractivity contribution in [3.8, 4) is 11.6 Å². The Morgan fingerprint density at radius 1 is 1.47 bits per heavy atom. The minimum Gasteiger partial charge on any atom is -0.488 e. The molecule has 17 heavy (non-hydrogen) atoms. The number of nitrogens with one attached hydrogen (secondary N) is 1. The van der Waals surface area contributed by atoms with Crippen LogP contribution in [-0.2, 0) is 0 Å². The van der Waals surface area contributed by atoms with Crippen molar-refractivity contribution in [3.05, 3.63) is 18.3 Å². The van der Waals surface area contributed by atoms with Crippen LogP contribution in [0.25, 0.3) is 11.0 Å². The van der Waals surface area contributed by atoms with E-state index in [2.05, 4.69) is 22.2 Å². The first kappa shape index (κ1) is 10.1. The molecular weight excluding hydrogens is 218 g/mol. The minimum absolute atomic E-state index is 0.265. The molecule has 0 spiro atoms. The van der Waals surface area contributed by atoms with Gasteiger partial charge < -0.3 is 14.8 Å². The van der Waals surface area contributed by atoms with Crippen LogP contribution in [0, 0.1) is 0 Å². The molecule has 2 aromatic rings. The maximum Gasteiger partial charge on any atom is 0.213 e. The van der Waals surface area contributed by atoms with E-state index in [1.165, 1.54) is 0 Å². The van der Waals surface area contributed by atoms with Crippen LogP contribution in [-0.4, -0.2) is 29.7 Å². The molecule has 2 aromatic heterocycles. The van der Waals surface area contributed by atoms with Crippen molar-refractivity contribution in [2.45, 2.75) is 13.0 Å². The number of nitrogens with zero attached hydrogens (tertiary/aromatic N) is 2. The van der Waals surface area contributed by atoms with Gasteiger partial charge in [-0.2, -0.15) is 0 Å². The van der Waals surface area contributed by atoms with Gasteiger partial charge in [0.2, 0.25) is 5.88 Å². The summed E-state index contributed by atoms with van der Waals surface area (Å²) < 4.78 is 10.7. The van der Waals surface area contributed by atoms with Crippen molar-refractivity contribution in [3.63, 3.8) is 0 Å². The molecule has 1 aliphatic rings. The zero-order valence-corrected chi connectivity index (χ0v) is 9.73. The topological polar surface area (TPSA) is 56.3 Å². The molecule has 0 radical (unpaired) electrons. The summed E-state index contributed by atoms with van der Waals surface area (Å²) >= 11 is 0. The van der Waals surface area contributed by atoms with Gasteiger partial charge in [0.15, 0.2) is 5.75 Å². The van der Waals surface area contributed by atoms with Crippen LogP contribution in [0.15, 0.2) is 18.3 Å². The van der Waals surface area contributed by atoms with Crippen LogP contribution in [0.3, 0.4) is 0 Å². The Morgan fingerprint density at radius 3 is 3.18 bits per heavy atom. The van der Waals surface area contributed by atoms with E-state index >= 15 is 0 Å². The monoisotopic (exact) mass is 231 g/mol. The lowest BCUT2D eigenvalue weighted by molar-refractivity contribution is 0.291. The van der Waals surface area contributed by atoms with Crippen LogP contribution in [0.2, 0.25) is 0 Å². The number of methoxy groups -OCH3 is 1. The van der Waals surface area contributed by atoms with Gasteiger partial charge in [0.1, 0.15) is 17.8 Å². The van der Waals surface area contributed by atoms with Gasteiger partial charge in [0.25, 0.3) is 0 Å². The number of hydrogen-bond donors (Lipinski definition) is 1. The standard InChI is InChI=1S/C12H13N3O2/c1-7-6-17-9-5-13-8-3-4-10(16-2)15-11(8)12(9)14-7/h3-5,7,14H,6H2,1-2H3. The summed E-state index contributed by atoms with van der Waals surface area (Å²) in [7, 11) is 1.60. The first-order valence-electron chi connectivity index (χ1n) is 5.51. The molecule has 3 rings (SSSR count). The van der Waals surface area contributed by atoms with E-state index in [-0.39, 0.29) is 6.04 Å². The minimum atomic E-state index is 0.265. The molecule has 0 aliphatic carbocycles. The summed E-state index contributed by atoms with van der Waals surface area (Å²) in [6.45, 7) is 2.71. The van der Waals surface area contributed by atoms with Crippen molar-refractivity contribution in [1.82, 2.24) is 9.97 Å². The highest BCUT2D eigenvalue weighted by molar-refractivity contribution is 5.91. The Bertz CT molecular complexity index is 566. The third-order valence-electron chi connectivity index (χ3n) is 2.74. The van der Waals surface area contributed by atoms with Gasteiger partial charge in [-0.15, -0.1) is 0 Å². The van der Waals surface area contributed by atoms with Crippen LogP contribution in [0.1, 0.15) is 6.92 Å². The Hall–Kier alpha value is -2.04. The molecule has 0 fully saturated rings. The van der Waals surface area contributed by atoms with Gasteiger partial charge in [-0.1, -0.05) is 0 Å². The van der Waals surface area contributed by atoms with E-state index in [9.17, 15) is 0 Å². The highest BCUT2D eigenvalue weighted by atomic mass is 16.5. The van der Waals surface area contributed by atoms with Gasteiger partial charge in [-0.05, 0) is 13.0 Å². The van der Waals surface area contributed by atoms with E-state index in [0.29, 0.717) is 12.5 Å². The van der Waals surface area contributed by atoms with Gasteiger partial charge in [-0.3, -0.25) is 4.98 Å². The lowest BCUT2D eigenvalue weighted by atomic mass is 10.2. The van der Waals surface area contributed by atoms with Crippen molar-refractivity contribution < 1.29 is 9.47 Å². The average molecular weight is 231 g/mol. The fourth-order valence-electron chi connectivity index (χ4n) is 1.90. The van der Waals surface area contributed by atoms with Crippen molar-refractivity contribution in [1.29, 1.82) is 0 Å². The summed E-state index contributed by atoms with van der Waals surface area (Å²) in [5, 5.41) is 3.37. The highest BCUT2D eigenvalue weighted by Crippen LogP contribution is 2.34. The molecule has 5 nitrogen and oxygen atoms in total. The normalized spacial score (nSPS) is 18.1. The number of ether oxygens (including phenoxy) is 2. The number of fused-ring (bicyclic) bond motifs is 3. The molecule has 0 aromatic carbocycles. The van der Waals surface area contributed by atoms with Gasteiger partial charge in [-0.25, -0.2) is 4.98 Å². The fourth-order valence-corrected chi connectivity index (χ4v) is 1.90. The Balaban J connectivity index is 2.24. The van der Waals surface area contributed by atoms with Crippen LogP contribution >= 0.6 is 0 Å². The SMILES string of the molecule is COc1ccc2ncc3c(c2n1)NC(C)CO3. The van der Waals surface area contributed by atoms with Crippen molar-refractivity contribution in [2.75, 3.05) is 19.0 Å². The second kappa shape index (κ2) is 3.76. The molecule has 3 heterocycles. The summed E-state index contributed by atoms with van der Waals surface area (Å²) in [5.41, 5.74) is 2.51. The maximum absolute atomic E-state index is 5.61. The first-order chi connectivity index (χ1) is 8.28. The quantitative estimate of drug-likeness (QED) is 0.811. The van der Waals surface area contributed by atoms with Crippen molar-refractivity contribution >= 4 is 16.7 Å². The number of pyridine rings is 2. The number of aromatic nitrogens is 2. The molecule has 1 aliphatic heterocycles. The van der Waals surface area contributed by atoms with Gasteiger partial charge in [0.05, 0.1) is 24.9 Å². The molecular formula is C12H13N3O2. The third kappa shape index (κ3) is 1.63. The van der Waals surface area contributed by atoms with E-state index in [1.54, 1.807) is 19.4 Å². The summed E-state index contributed by atoms with van der Waals surface area (Å²) in [6.07, 6.45) is 1.73. The zero-order chi connectivity index (χ0) is 11.8. The summed E-state index contributed by atoms with van der Waals surface area (Å²) in [5.74, 6) is 1.32. The molecule has 0 saturated heterocycles. The molecule has 1 atom stereocenters. The predicted molar refractivity (Wildman–Crippen MR) is 64.7 cm³/mol. The summed E-state index contributed by atoms with van der Waals surface area (Å²) in [4.78, 5) is 8.73. The van der Waals surface area contributed by atoms with Crippen LogP contribution in [0.5, 0.6) is 11.6 Å². The fraction of sp³-hybridized carbons (Fsp3) is 0.333. The second-order valence-electron chi connectivity index (χ2n) is 4.08. The molecule has 0 bridgehead atoms. The summed E-state index contributed by atoms with van der Waals surface area (Å²) in [6, 6.07) is 3.96. The Labute approximate surface area is 98.8 Å². The Morgan fingerprint density at radius 2 is 2.35 bits per heavy atom.